The highest BCUT2D eigenvalue weighted by Crippen LogP contribution is 2.46. The highest BCUT2D eigenvalue weighted by atomic mass is 32.1. The van der Waals surface area contributed by atoms with Gasteiger partial charge in [0, 0.05) is 11.9 Å². The number of ether oxygens (including phenoxy) is 1. The number of para-hydroxylation sites is 1. The van der Waals surface area contributed by atoms with Crippen LogP contribution in [0.5, 0.6) is 5.75 Å². The third-order valence-electron chi connectivity index (χ3n) is 3.34. The summed E-state index contributed by atoms with van der Waals surface area (Å²) >= 11 is 1.74. The molecule has 0 aliphatic heterocycles. The second kappa shape index (κ2) is 8.41. The van der Waals surface area contributed by atoms with E-state index in [-0.39, 0.29) is 0 Å². The number of benzene rings is 1. The molecule has 1 saturated carbocycles. The zero-order valence-corrected chi connectivity index (χ0v) is 13.4. The summed E-state index contributed by atoms with van der Waals surface area (Å²) in [4.78, 5) is 10.2. The predicted octanol–water partition coefficient (Wildman–Crippen LogP) is 2.85. The lowest BCUT2D eigenvalue weighted by Gasteiger charge is -2.15. The lowest BCUT2D eigenvalue weighted by Crippen LogP contribution is -2.18. The third-order valence-corrected chi connectivity index (χ3v) is 4.19. The smallest absolute Gasteiger partial charge is 0.221 e. The topological polar surface area (TPSA) is 76.4 Å². The number of carbonyl (C=O) groups excluding carboxylic acids is 1. The Labute approximate surface area is 134 Å². The van der Waals surface area contributed by atoms with Gasteiger partial charge in [-0.2, -0.15) is 0 Å². The maximum absolute atomic E-state index is 8.94. The minimum Gasteiger partial charge on any atom is -0.486 e. The number of hydrogen-bond donors (Lipinski definition) is 3. The zero-order chi connectivity index (χ0) is 15.8. The molecule has 1 aromatic carbocycles. The van der Waals surface area contributed by atoms with E-state index in [0.29, 0.717) is 18.9 Å². The number of anilines is 1. The van der Waals surface area contributed by atoms with Crippen LogP contribution < -0.4 is 21.3 Å². The SMILES string of the molecule is CNc1cccc(C2CC2)c1OCc1cccs1.NNC=O. The van der Waals surface area contributed by atoms with Crippen molar-refractivity contribution in [1.82, 2.24) is 5.43 Å². The van der Waals surface area contributed by atoms with Gasteiger partial charge in [-0.3, -0.25) is 10.2 Å². The van der Waals surface area contributed by atoms with Crippen LogP contribution in [0.1, 0.15) is 29.2 Å². The number of thiophene rings is 1. The van der Waals surface area contributed by atoms with E-state index in [2.05, 4.69) is 46.9 Å². The van der Waals surface area contributed by atoms with Gasteiger partial charge in [0.25, 0.3) is 0 Å². The largest absolute Gasteiger partial charge is 0.486 e. The third kappa shape index (κ3) is 4.47. The van der Waals surface area contributed by atoms with Crippen molar-refractivity contribution in [2.24, 2.45) is 5.84 Å². The van der Waals surface area contributed by atoms with Gasteiger partial charge in [0.15, 0.2) is 0 Å². The lowest BCUT2D eigenvalue weighted by atomic mass is 10.1. The van der Waals surface area contributed by atoms with E-state index in [9.17, 15) is 0 Å². The molecule has 1 aliphatic rings. The van der Waals surface area contributed by atoms with Crippen molar-refractivity contribution in [2.45, 2.75) is 25.4 Å². The van der Waals surface area contributed by atoms with Crippen molar-refractivity contribution in [3.05, 3.63) is 46.2 Å². The van der Waals surface area contributed by atoms with Gasteiger partial charge in [-0.05, 0) is 41.8 Å². The molecule has 3 rings (SSSR count). The molecule has 0 atom stereocenters. The number of nitrogens with two attached hydrogens (primary N) is 1. The number of rotatable bonds is 6. The summed E-state index contributed by atoms with van der Waals surface area (Å²) in [6.45, 7) is 0.663. The monoisotopic (exact) mass is 319 g/mol. The van der Waals surface area contributed by atoms with Gasteiger partial charge < -0.3 is 10.1 Å². The molecule has 5 nitrogen and oxygen atoms in total. The van der Waals surface area contributed by atoms with E-state index < -0.39 is 0 Å². The second-order valence-corrected chi connectivity index (χ2v) is 5.93. The van der Waals surface area contributed by atoms with E-state index in [4.69, 9.17) is 9.53 Å². The molecule has 0 radical (unpaired) electrons. The molecular formula is C16H21N3O2S. The number of carbonyl (C=O) groups is 1. The van der Waals surface area contributed by atoms with Gasteiger partial charge in [-0.1, -0.05) is 18.2 Å². The first kappa shape index (κ1) is 16.3. The molecule has 0 unspecified atom stereocenters. The minimum absolute atomic E-state index is 0.403. The van der Waals surface area contributed by atoms with Crippen molar-refractivity contribution >= 4 is 23.4 Å². The quantitative estimate of drug-likeness (QED) is 0.331. The van der Waals surface area contributed by atoms with Crippen LogP contribution in [0, 0.1) is 0 Å². The number of hydrogen-bond acceptors (Lipinski definition) is 5. The number of nitrogens with one attached hydrogen (secondary N) is 2. The van der Waals surface area contributed by atoms with E-state index >= 15 is 0 Å². The maximum atomic E-state index is 8.94. The molecule has 1 aliphatic carbocycles. The Morgan fingerprint density at radius 2 is 2.14 bits per heavy atom. The summed E-state index contributed by atoms with van der Waals surface area (Å²) in [5.74, 6) is 6.15. The fraction of sp³-hybridized carbons (Fsp3) is 0.312. The summed E-state index contributed by atoms with van der Waals surface area (Å²) < 4.78 is 6.05. The van der Waals surface area contributed by atoms with Crippen molar-refractivity contribution < 1.29 is 9.53 Å². The summed E-state index contributed by atoms with van der Waals surface area (Å²) in [7, 11) is 1.95. The number of amides is 1. The Morgan fingerprint density at radius 1 is 1.36 bits per heavy atom. The first-order valence-corrected chi connectivity index (χ1v) is 8.03. The highest BCUT2D eigenvalue weighted by Gasteiger charge is 2.27. The molecule has 1 heterocycles. The molecular weight excluding hydrogens is 298 g/mol. The second-order valence-electron chi connectivity index (χ2n) is 4.90. The molecule has 6 heteroatoms. The van der Waals surface area contributed by atoms with Crippen LogP contribution in [0.2, 0.25) is 0 Å². The van der Waals surface area contributed by atoms with Crippen molar-refractivity contribution in [3.63, 3.8) is 0 Å². The zero-order valence-electron chi connectivity index (χ0n) is 12.5. The summed E-state index contributed by atoms with van der Waals surface area (Å²) in [6.07, 6.45) is 2.99. The van der Waals surface area contributed by atoms with Crippen LogP contribution in [-0.2, 0) is 11.4 Å². The van der Waals surface area contributed by atoms with Crippen LogP contribution in [0.4, 0.5) is 5.69 Å². The van der Waals surface area contributed by atoms with Gasteiger partial charge in [0.2, 0.25) is 6.41 Å². The Bertz CT molecular complexity index is 583. The normalized spacial score (nSPS) is 12.8. The first-order chi connectivity index (χ1) is 10.8. The maximum Gasteiger partial charge on any atom is 0.221 e. The van der Waals surface area contributed by atoms with Crippen molar-refractivity contribution in [3.8, 4) is 5.75 Å². The molecule has 0 saturated heterocycles. The van der Waals surface area contributed by atoms with E-state index in [1.54, 1.807) is 16.8 Å². The molecule has 0 bridgehead atoms. The van der Waals surface area contributed by atoms with Crippen LogP contribution in [0.15, 0.2) is 35.7 Å². The van der Waals surface area contributed by atoms with Crippen LogP contribution >= 0.6 is 11.3 Å². The highest BCUT2D eigenvalue weighted by molar-refractivity contribution is 7.09. The minimum atomic E-state index is 0.403. The average molecular weight is 319 g/mol. The van der Waals surface area contributed by atoms with E-state index in [0.717, 1.165) is 11.4 Å². The summed E-state index contributed by atoms with van der Waals surface area (Å²) in [5.41, 5.74) is 4.20. The molecule has 1 aromatic heterocycles. The predicted molar refractivity (Wildman–Crippen MR) is 90.0 cm³/mol. The fourth-order valence-electron chi connectivity index (χ4n) is 2.17. The van der Waals surface area contributed by atoms with Crippen LogP contribution in [-0.4, -0.2) is 13.5 Å². The first-order valence-electron chi connectivity index (χ1n) is 7.15. The van der Waals surface area contributed by atoms with Gasteiger partial charge >= 0.3 is 0 Å². The molecule has 118 valence electrons. The van der Waals surface area contributed by atoms with Gasteiger partial charge in [0.05, 0.1) is 5.69 Å². The van der Waals surface area contributed by atoms with Gasteiger partial charge in [-0.25, -0.2) is 5.84 Å². The van der Waals surface area contributed by atoms with Crippen LogP contribution in [0.25, 0.3) is 0 Å². The van der Waals surface area contributed by atoms with Crippen molar-refractivity contribution in [1.29, 1.82) is 0 Å². The molecule has 0 spiro atoms. The Balaban J connectivity index is 0.000000396. The summed E-state index contributed by atoms with van der Waals surface area (Å²) in [5, 5.41) is 5.31. The van der Waals surface area contributed by atoms with Gasteiger partial charge in [-0.15, -0.1) is 11.3 Å². The van der Waals surface area contributed by atoms with E-state index in [1.165, 1.54) is 23.3 Å². The molecule has 22 heavy (non-hydrogen) atoms. The van der Waals surface area contributed by atoms with Crippen molar-refractivity contribution in [2.75, 3.05) is 12.4 Å². The van der Waals surface area contributed by atoms with Crippen LogP contribution in [0.3, 0.4) is 0 Å². The molecule has 4 N–H and O–H groups in total. The van der Waals surface area contributed by atoms with Gasteiger partial charge in [0.1, 0.15) is 12.4 Å². The Kier molecular flexibility index (Phi) is 6.24. The molecule has 1 amide bonds. The lowest BCUT2D eigenvalue weighted by molar-refractivity contribution is -0.109. The Hall–Kier alpha value is -2.05. The van der Waals surface area contributed by atoms with E-state index in [1.807, 2.05) is 7.05 Å². The molecule has 2 aromatic rings. The Morgan fingerprint density at radius 3 is 2.68 bits per heavy atom. The summed E-state index contributed by atoms with van der Waals surface area (Å²) in [6, 6.07) is 10.6. The number of hydrazine groups is 1. The molecule has 1 fully saturated rings. The standard InChI is InChI=1S/C15H17NOS.CH4N2O/c1-16-14-6-2-5-13(11-7-8-11)15(14)17-10-12-4-3-9-18-12;2-3-1-4/h2-6,9,11,16H,7-8,10H2,1H3;1H,2H2,(H,3,4). The fourth-order valence-corrected chi connectivity index (χ4v) is 2.78. The average Bonchev–Trinajstić information content (AvgIpc) is 3.28.